The molecule has 0 radical (unpaired) electrons. The Balaban J connectivity index is 1.68. The van der Waals surface area contributed by atoms with Gasteiger partial charge in [0.15, 0.2) is 0 Å². The van der Waals surface area contributed by atoms with Crippen molar-refractivity contribution in [2.75, 3.05) is 6.54 Å². The molecule has 1 amide bonds. The van der Waals surface area contributed by atoms with E-state index < -0.39 is 0 Å². The molecule has 122 valence electrons. The van der Waals surface area contributed by atoms with E-state index in [1.807, 2.05) is 49.1 Å². The van der Waals surface area contributed by atoms with Crippen LogP contribution in [0, 0.1) is 13.8 Å². The first-order valence-corrected chi connectivity index (χ1v) is 9.18. The van der Waals surface area contributed by atoms with Gasteiger partial charge in [0.2, 0.25) is 0 Å². The van der Waals surface area contributed by atoms with Gasteiger partial charge < -0.3 is 4.90 Å². The lowest BCUT2D eigenvalue weighted by Gasteiger charge is -2.23. The molecule has 1 atom stereocenters. The summed E-state index contributed by atoms with van der Waals surface area (Å²) < 4.78 is 1.19. The number of para-hydroxylation sites is 1. The zero-order valence-corrected chi connectivity index (χ0v) is 14.8. The number of likely N-dealkylation sites (tertiary alicyclic amines) is 1. The Bertz CT molecular complexity index is 862. The molecule has 4 rings (SSSR count). The van der Waals surface area contributed by atoms with Gasteiger partial charge in [0.1, 0.15) is 5.01 Å². The first kappa shape index (κ1) is 15.3. The second-order valence-electron chi connectivity index (χ2n) is 6.55. The molecule has 0 bridgehead atoms. The fraction of sp³-hybridized carbons (Fsp3) is 0.300. The normalized spacial score (nSPS) is 17.6. The van der Waals surface area contributed by atoms with Crippen LogP contribution in [0.1, 0.15) is 45.4 Å². The van der Waals surface area contributed by atoms with Gasteiger partial charge in [-0.3, -0.25) is 4.79 Å². The van der Waals surface area contributed by atoms with Crippen molar-refractivity contribution >= 4 is 27.5 Å². The summed E-state index contributed by atoms with van der Waals surface area (Å²) in [6.45, 7) is 4.89. The Morgan fingerprint density at radius 3 is 2.67 bits per heavy atom. The van der Waals surface area contributed by atoms with Crippen molar-refractivity contribution in [3.05, 3.63) is 64.2 Å². The molecule has 0 saturated carbocycles. The minimum Gasteiger partial charge on any atom is -0.329 e. The Hall–Kier alpha value is -2.20. The zero-order valence-electron chi connectivity index (χ0n) is 14.0. The molecule has 2 aromatic carbocycles. The number of carbonyl (C=O) groups is 1. The van der Waals surface area contributed by atoms with Crippen molar-refractivity contribution in [1.82, 2.24) is 9.88 Å². The molecule has 24 heavy (non-hydrogen) atoms. The van der Waals surface area contributed by atoms with Crippen LogP contribution >= 0.6 is 11.3 Å². The van der Waals surface area contributed by atoms with E-state index in [1.165, 1.54) is 4.70 Å². The number of thiazole rings is 1. The number of fused-ring (bicyclic) bond motifs is 1. The van der Waals surface area contributed by atoms with Crippen molar-refractivity contribution in [2.45, 2.75) is 32.7 Å². The number of rotatable bonds is 2. The molecule has 3 aromatic rings. The van der Waals surface area contributed by atoms with Crippen molar-refractivity contribution in [3.63, 3.8) is 0 Å². The quantitative estimate of drug-likeness (QED) is 0.667. The number of benzene rings is 2. The molecule has 0 N–H and O–H groups in total. The Morgan fingerprint density at radius 1 is 1.17 bits per heavy atom. The summed E-state index contributed by atoms with van der Waals surface area (Å²) in [6, 6.07) is 14.4. The Labute approximate surface area is 146 Å². The summed E-state index contributed by atoms with van der Waals surface area (Å²) in [5, 5.41) is 1.06. The average Bonchev–Trinajstić information content (AvgIpc) is 3.19. The molecule has 1 aliphatic rings. The highest BCUT2D eigenvalue weighted by Gasteiger charge is 2.32. The van der Waals surface area contributed by atoms with Crippen LogP contribution in [0.5, 0.6) is 0 Å². The lowest BCUT2D eigenvalue weighted by atomic mass is 10.1. The highest BCUT2D eigenvalue weighted by molar-refractivity contribution is 7.18. The van der Waals surface area contributed by atoms with E-state index in [2.05, 4.69) is 12.1 Å². The number of hydrogen-bond acceptors (Lipinski definition) is 3. The summed E-state index contributed by atoms with van der Waals surface area (Å²) in [6.07, 6.45) is 2.04. The molecular formula is C20H20N2OS. The average molecular weight is 336 g/mol. The lowest BCUT2D eigenvalue weighted by molar-refractivity contribution is 0.0735. The van der Waals surface area contributed by atoms with E-state index in [4.69, 9.17) is 4.98 Å². The van der Waals surface area contributed by atoms with Gasteiger partial charge in [-0.05, 0) is 51.0 Å². The summed E-state index contributed by atoms with van der Waals surface area (Å²) in [5.41, 5.74) is 4.09. The van der Waals surface area contributed by atoms with Gasteiger partial charge in [-0.15, -0.1) is 11.3 Å². The van der Waals surface area contributed by atoms with Crippen LogP contribution in [0.25, 0.3) is 10.2 Å². The molecule has 1 aromatic heterocycles. The standard InChI is InChI=1S/C20H20N2OS/c1-13-10-14(2)12-15(11-13)20(23)22-9-5-7-17(22)19-21-16-6-3-4-8-18(16)24-19/h3-4,6,8,10-12,17H,5,7,9H2,1-2H3. The smallest absolute Gasteiger partial charge is 0.254 e. The van der Waals surface area contributed by atoms with E-state index in [-0.39, 0.29) is 11.9 Å². The van der Waals surface area contributed by atoms with E-state index >= 15 is 0 Å². The number of aryl methyl sites for hydroxylation is 2. The molecular weight excluding hydrogens is 316 g/mol. The van der Waals surface area contributed by atoms with Crippen LogP contribution in [0.3, 0.4) is 0 Å². The first-order valence-electron chi connectivity index (χ1n) is 8.36. The molecule has 1 unspecified atom stereocenters. The minimum atomic E-state index is 0.107. The van der Waals surface area contributed by atoms with E-state index in [0.29, 0.717) is 0 Å². The first-order chi connectivity index (χ1) is 11.6. The van der Waals surface area contributed by atoms with E-state index in [9.17, 15) is 4.79 Å². The third-order valence-electron chi connectivity index (χ3n) is 4.58. The molecule has 4 heteroatoms. The van der Waals surface area contributed by atoms with Crippen LogP contribution in [0.2, 0.25) is 0 Å². The predicted octanol–water partition coefficient (Wildman–Crippen LogP) is 4.89. The minimum absolute atomic E-state index is 0.107. The molecule has 2 heterocycles. The summed E-state index contributed by atoms with van der Waals surface area (Å²) in [4.78, 5) is 19.8. The third-order valence-corrected chi connectivity index (χ3v) is 5.72. The van der Waals surface area contributed by atoms with Gasteiger partial charge in [0, 0.05) is 12.1 Å². The van der Waals surface area contributed by atoms with Crippen molar-refractivity contribution < 1.29 is 4.79 Å². The molecule has 1 saturated heterocycles. The van der Waals surface area contributed by atoms with Gasteiger partial charge in [0.25, 0.3) is 5.91 Å². The second kappa shape index (κ2) is 6.02. The molecule has 3 nitrogen and oxygen atoms in total. The van der Waals surface area contributed by atoms with Crippen LogP contribution in [-0.4, -0.2) is 22.3 Å². The number of aromatic nitrogens is 1. The number of nitrogens with zero attached hydrogens (tertiary/aromatic N) is 2. The molecule has 1 aliphatic heterocycles. The third kappa shape index (κ3) is 2.71. The highest BCUT2D eigenvalue weighted by atomic mass is 32.1. The maximum absolute atomic E-state index is 13.1. The molecule has 0 spiro atoms. The molecule has 0 aliphatic carbocycles. The molecule has 1 fully saturated rings. The van der Waals surface area contributed by atoms with Gasteiger partial charge in [-0.1, -0.05) is 29.3 Å². The van der Waals surface area contributed by atoms with Gasteiger partial charge in [-0.2, -0.15) is 0 Å². The van der Waals surface area contributed by atoms with Gasteiger partial charge in [-0.25, -0.2) is 4.98 Å². The number of hydrogen-bond donors (Lipinski definition) is 0. The number of amides is 1. The fourth-order valence-corrected chi connectivity index (χ4v) is 4.68. The van der Waals surface area contributed by atoms with Crippen molar-refractivity contribution in [3.8, 4) is 0 Å². The maximum Gasteiger partial charge on any atom is 0.254 e. The highest BCUT2D eigenvalue weighted by Crippen LogP contribution is 2.37. The van der Waals surface area contributed by atoms with Crippen molar-refractivity contribution in [1.29, 1.82) is 0 Å². The SMILES string of the molecule is Cc1cc(C)cc(C(=O)N2CCCC2c2nc3ccccc3s2)c1. The predicted molar refractivity (Wildman–Crippen MR) is 98.5 cm³/mol. The topological polar surface area (TPSA) is 33.2 Å². The zero-order chi connectivity index (χ0) is 16.7. The maximum atomic E-state index is 13.1. The van der Waals surface area contributed by atoms with Crippen molar-refractivity contribution in [2.24, 2.45) is 0 Å². The largest absolute Gasteiger partial charge is 0.329 e. The summed E-state index contributed by atoms with van der Waals surface area (Å²) in [7, 11) is 0. The van der Waals surface area contributed by atoms with Gasteiger partial charge >= 0.3 is 0 Å². The second-order valence-corrected chi connectivity index (χ2v) is 7.62. The fourth-order valence-electron chi connectivity index (χ4n) is 3.56. The lowest BCUT2D eigenvalue weighted by Crippen LogP contribution is -2.30. The summed E-state index contributed by atoms with van der Waals surface area (Å²) in [5.74, 6) is 0.128. The van der Waals surface area contributed by atoms with Crippen LogP contribution < -0.4 is 0 Å². The number of carbonyl (C=O) groups excluding carboxylic acids is 1. The monoisotopic (exact) mass is 336 g/mol. The van der Waals surface area contributed by atoms with Crippen LogP contribution in [0.4, 0.5) is 0 Å². The van der Waals surface area contributed by atoms with Crippen LogP contribution in [0.15, 0.2) is 42.5 Å². The van der Waals surface area contributed by atoms with E-state index in [1.54, 1.807) is 11.3 Å². The van der Waals surface area contributed by atoms with Crippen LogP contribution in [-0.2, 0) is 0 Å². The Kier molecular flexibility index (Phi) is 3.85. The van der Waals surface area contributed by atoms with Gasteiger partial charge in [0.05, 0.1) is 16.3 Å². The van der Waals surface area contributed by atoms with E-state index in [0.717, 1.165) is 46.6 Å². The Morgan fingerprint density at radius 2 is 1.92 bits per heavy atom. The summed E-state index contributed by atoms with van der Waals surface area (Å²) >= 11 is 1.71.